The maximum Gasteiger partial charge on any atom is 0.407 e. The number of aromatic nitrogens is 1. The van der Waals surface area contributed by atoms with E-state index in [4.69, 9.17) is 30.2 Å². The lowest BCUT2D eigenvalue weighted by Gasteiger charge is -2.32. The Kier molecular flexibility index (Phi) is 21.4. The Morgan fingerprint density at radius 1 is 0.614 bits per heavy atom. The van der Waals surface area contributed by atoms with Crippen LogP contribution >= 0.6 is 11.6 Å². The number of ether oxygens (including phenoxy) is 3. The van der Waals surface area contributed by atoms with Crippen LogP contribution in [0.1, 0.15) is 123 Å². The van der Waals surface area contributed by atoms with Gasteiger partial charge in [-0.3, -0.25) is 28.8 Å². The van der Waals surface area contributed by atoms with Crippen LogP contribution in [0.4, 0.5) is 9.59 Å². The average molecular weight is 998 g/mol. The zero-order valence-electron chi connectivity index (χ0n) is 42.0. The first-order valence-corrected chi connectivity index (χ1v) is 23.3. The summed E-state index contributed by atoms with van der Waals surface area (Å²) in [6.07, 6.45) is 0.725. The first-order valence-electron chi connectivity index (χ1n) is 23.0. The van der Waals surface area contributed by atoms with Gasteiger partial charge < -0.3 is 55.8 Å². The van der Waals surface area contributed by atoms with Gasteiger partial charge in [0.15, 0.2) is 0 Å². The summed E-state index contributed by atoms with van der Waals surface area (Å²) in [4.78, 5) is 111. The van der Waals surface area contributed by atoms with Crippen molar-refractivity contribution in [3.8, 4) is 11.1 Å². The number of carbonyl (C=O) groups excluding carboxylic acids is 8. The Morgan fingerprint density at radius 3 is 1.70 bits per heavy atom. The standard InChI is InChI=1S/C49H69ClN8O12/c1-28(38(59)44-51-25-26-67-44)54-41(62)35(15-13-14-24-52-45(65)69-48(7,8)9)56-39(60)29(2)55-43(64)37(30(3)68-47(4,5)6)58-42(63)36(27-53-46(66)70-49(10,11)12)57-40(61)33-18-16-31(17-19-33)32-20-22-34(50)23-21-32/h16-23,25-26,28-30,35-37H,13-15,24,27H2,1-12H3,(H,52,65)(H,53,66)(H,54,62)(H,55,64)(H,56,60)(H,57,61)(H,58,63). The summed E-state index contributed by atoms with van der Waals surface area (Å²) in [7, 11) is 0. The molecule has 21 heteroatoms. The number of hydrogen-bond donors (Lipinski definition) is 7. The van der Waals surface area contributed by atoms with Crippen LogP contribution in [0.3, 0.4) is 0 Å². The summed E-state index contributed by atoms with van der Waals surface area (Å²) in [5.41, 5.74) is -0.584. The fourth-order valence-corrected chi connectivity index (χ4v) is 6.63. The summed E-state index contributed by atoms with van der Waals surface area (Å²) in [6.45, 7) is 19.4. The molecule has 6 atom stereocenters. The van der Waals surface area contributed by atoms with Crippen LogP contribution in [-0.4, -0.2) is 119 Å². The van der Waals surface area contributed by atoms with E-state index in [2.05, 4.69) is 42.2 Å². The smallest absolute Gasteiger partial charge is 0.407 e. The van der Waals surface area contributed by atoms with E-state index in [1.807, 2.05) is 12.1 Å². The summed E-state index contributed by atoms with van der Waals surface area (Å²) in [6, 6.07) is 7.11. The van der Waals surface area contributed by atoms with Crippen molar-refractivity contribution in [3.63, 3.8) is 0 Å². The van der Waals surface area contributed by atoms with Gasteiger partial charge in [-0.15, -0.1) is 0 Å². The largest absolute Gasteiger partial charge is 0.444 e. The van der Waals surface area contributed by atoms with Gasteiger partial charge in [-0.2, -0.15) is 0 Å². The Morgan fingerprint density at radius 2 is 1.16 bits per heavy atom. The van der Waals surface area contributed by atoms with Gasteiger partial charge >= 0.3 is 12.2 Å². The highest BCUT2D eigenvalue weighted by atomic mass is 35.5. The second-order valence-corrected chi connectivity index (χ2v) is 20.0. The highest BCUT2D eigenvalue weighted by molar-refractivity contribution is 6.30. The van der Waals surface area contributed by atoms with Crippen molar-refractivity contribution >= 4 is 59.1 Å². The number of oxazole rings is 1. The predicted octanol–water partition coefficient (Wildman–Crippen LogP) is 5.38. The van der Waals surface area contributed by atoms with E-state index in [-0.39, 0.29) is 24.4 Å². The van der Waals surface area contributed by atoms with Crippen molar-refractivity contribution in [2.45, 2.75) is 155 Å². The van der Waals surface area contributed by atoms with E-state index in [1.165, 1.54) is 33.2 Å². The molecular weight excluding hydrogens is 928 g/mol. The van der Waals surface area contributed by atoms with E-state index in [0.29, 0.717) is 17.9 Å². The predicted molar refractivity (Wildman–Crippen MR) is 261 cm³/mol. The lowest BCUT2D eigenvalue weighted by Crippen LogP contribution is -2.62. The summed E-state index contributed by atoms with van der Waals surface area (Å²) in [5, 5.41) is 18.8. The van der Waals surface area contributed by atoms with Gasteiger partial charge in [-0.05, 0) is 138 Å². The van der Waals surface area contributed by atoms with Gasteiger partial charge in [0.25, 0.3) is 11.8 Å². The SMILES string of the molecule is CC(NC(=O)C(NC(=O)C(CNC(=O)OC(C)(C)C)NC(=O)c1ccc(-c2ccc(Cl)cc2)cc1)C(C)OC(C)(C)C)C(=O)NC(CCCCNC(=O)OC(C)(C)C)C(=O)NC(C)C(=O)c1ncco1. The minimum atomic E-state index is -1.49. The molecule has 7 N–H and O–H groups in total. The highest BCUT2D eigenvalue weighted by Crippen LogP contribution is 2.22. The van der Waals surface area contributed by atoms with Crippen molar-refractivity contribution in [3.05, 3.63) is 77.5 Å². The van der Waals surface area contributed by atoms with Crippen molar-refractivity contribution in [2.75, 3.05) is 13.1 Å². The molecule has 384 valence electrons. The zero-order chi connectivity index (χ0) is 52.6. The lowest BCUT2D eigenvalue weighted by molar-refractivity contribution is -0.139. The number of Topliss-reactive ketones (excluding diaryl/α,β-unsaturated/α-hetero) is 1. The van der Waals surface area contributed by atoms with Crippen LogP contribution in [0.2, 0.25) is 5.02 Å². The molecule has 0 bridgehead atoms. The number of hydrogen-bond acceptors (Lipinski definition) is 13. The van der Waals surface area contributed by atoms with Gasteiger partial charge in [-0.1, -0.05) is 35.9 Å². The topological polar surface area (TPSA) is 274 Å². The van der Waals surface area contributed by atoms with Crippen LogP contribution in [-0.2, 0) is 33.4 Å². The van der Waals surface area contributed by atoms with E-state index < -0.39 is 107 Å². The molecule has 0 saturated carbocycles. The van der Waals surface area contributed by atoms with E-state index >= 15 is 0 Å². The zero-order valence-corrected chi connectivity index (χ0v) is 42.8. The van der Waals surface area contributed by atoms with E-state index in [9.17, 15) is 38.4 Å². The number of amides is 7. The maximum atomic E-state index is 14.2. The van der Waals surface area contributed by atoms with Crippen molar-refractivity contribution in [1.82, 2.24) is 42.2 Å². The number of alkyl carbamates (subject to hydrolysis) is 2. The molecule has 0 radical (unpaired) electrons. The molecule has 3 rings (SSSR count). The van der Waals surface area contributed by atoms with E-state index in [0.717, 1.165) is 11.1 Å². The molecule has 7 amide bonds. The number of unbranched alkanes of at least 4 members (excludes halogenated alkanes) is 1. The molecule has 70 heavy (non-hydrogen) atoms. The molecule has 0 spiro atoms. The molecular formula is C49H69ClN8O12. The van der Waals surface area contributed by atoms with Crippen LogP contribution in [0.5, 0.6) is 0 Å². The molecule has 2 aromatic carbocycles. The third-order valence-corrected chi connectivity index (χ3v) is 10.0. The monoisotopic (exact) mass is 996 g/mol. The molecule has 0 aliphatic heterocycles. The molecule has 1 heterocycles. The normalized spacial score (nSPS) is 14.2. The fraction of sp³-hybridized carbons (Fsp3) is 0.531. The molecule has 0 aliphatic carbocycles. The van der Waals surface area contributed by atoms with Crippen LogP contribution in [0.15, 0.2) is 65.4 Å². The molecule has 3 aromatic rings. The summed E-state index contributed by atoms with van der Waals surface area (Å²) < 4.78 is 21.8. The Labute approximate surface area is 414 Å². The third kappa shape index (κ3) is 20.6. The number of halogens is 1. The fourth-order valence-electron chi connectivity index (χ4n) is 6.50. The molecule has 0 fully saturated rings. The number of benzene rings is 2. The first-order chi connectivity index (χ1) is 32.5. The second-order valence-electron chi connectivity index (χ2n) is 19.6. The van der Waals surface area contributed by atoms with Crippen molar-refractivity contribution < 1.29 is 57.0 Å². The number of rotatable bonds is 22. The summed E-state index contributed by atoms with van der Waals surface area (Å²) >= 11 is 6.04. The van der Waals surface area contributed by atoms with Crippen molar-refractivity contribution in [2.24, 2.45) is 0 Å². The van der Waals surface area contributed by atoms with Gasteiger partial charge in [0, 0.05) is 17.1 Å². The molecule has 6 unspecified atom stereocenters. The van der Waals surface area contributed by atoms with E-state index in [1.54, 1.807) is 98.7 Å². The van der Waals surface area contributed by atoms with Crippen molar-refractivity contribution in [1.29, 1.82) is 0 Å². The average Bonchev–Trinajstić information content (AvgIpc) is 3.79. The second kappa shape index (κ2) is 25.9. The van der Waals surface area contributed by atoms with Gasteiger partial charge in [-0.25, -0.2) is 14.6 Å². The number of ketones is 1. The van der Waals surface area contributed by atoms with Crippen LogP contribution in [0, 0.1) is 0 Å². The lowest BCUT2D eigenvalue weighted by atomic mass is 10.0. The number of carbonyl (C=O) groups is 8. The summed E-state index contributed by atoms with van der Waals surface area (Å²) in [5.74, 6) is -4.79. The van der Waals surface area contributed by atoms with Crippen LogP contribution < -0.4 is 37.2 Å². The Bertz CT molecular complexity index is 2250. The van der Waals surface area contributed by atoms with Gasteiger partial charge in [0.05, 0.1) is 30.5 Å². The Balaban J connectivity index is 1.83. The molecule has 0 saturated heterocycles. The molecule has 0 aliphatic rings. The third-order valence-electron chi connectivity index (χ3n) is 9.75. The molecule has 1 aromatic heterocycles. The first kappa shape index (κ1) is 57.8. The number of nitrogens with zero attached hydrogens (tertiary/aromatic N) is 1. The van der Waals surface area contributed by atoms with Gasteiger partial charge in [0.2, 0.25) is 29.4 Å². The number of nitrogens with one attached hydrogen (secondary N) is 7. The minimum Gasteiger partial charge on any atom is -0.444 e. The Hall–Kier alpha value is -6.54. The van der Waals surface area contributed by atoms with Gasteiger partial charge in [0.1, 0.15) is 41.6 Å². The molecule has 20 nitrogen and oxygen atoms in total. The minimum absolute atomic E-state index is 0.0558. The quantitative estimate of drug-likeness (QED) is 0.0493. The maximum absolute atomic E-state index is 14.2. The highest BCUT2D eigenvalue weighted by Gasteiger charge is 2.36. The van der Waals surface area contributed by atoms with Crippen LogP contribution in [0.25, 0.3) is 11.1 Å².